The fourth-order valence-electron chi connectivity index (χ4n) is 9.04. The molecule has 0 amide bonds. The number of carbonyl (C=O) groups is 2. The molecule has 0 saturated carbocycles. The smallest absolute Gasteiger partial charge is 0.174 e. The quantitative estimate of drug-likeness (QED) is 0.0439. The molecular weight excluding hydrogens is 974 g/mol. The Balaban J connectivity index is 0.876. The number of hydrogen-bond donors (Lipinski definition) is 2. The Morgan fingerprint density at radius 1 is 0.836 bits per heavy atom. The Bertz CT molecular complexity index is 2910. The number of carbonyl (C=O) groups excluding carboxylic acids is 2. The van der Waals surface area contributed by atoms with E-state index >= 15 is 8.78 Å². The molecule has 2 heterocycles. The summed E-state index contributed by atoms with van der Waals surface area (Å²) >= 11 is 12.5. The molecule has 73 heavy (non-hydrogen) atoms. The van der Waals surface area contributed by atoms with E-state index in [1.54, 1.807) is 25.3 Å². The molecule has 1 aliphatic rings. The van der Waals surface area contributed by atoms with E-state index < -0.39 is 40.6 Å². The second-order valence-electron chi connectivity index (χ2n) is 19.1. The summed E-state index contributed by atoms with van der Waals surface area (Å²) in [6.07, 6.45) is 4.55. The van der Waals surface area contributed by atoms with Crippen LogP contribution in [-0.4, -0.2) is 67.8 Å². The van der Waals surface area contributed by atoms with Crippen molar-refractivity contribution in [2.24, 2.45) is 5.41 Å². The summed E-state index contributed by atoms with van der Waals surface area (Å²) in [4.78, 5) is 38.1. The van der Waals surface area contributed by atoms with Crippen LogP contribution in [0.4, 0.5) is 26.0 Å². The lowest BCUT2D eigenvalue weighted by atomic mass is 9.76. The van der Waals surface area contributed by atoms with Gasteiger partial charge >= 0.3 is 0 Å². The van der Waals surface area contributed by atoms with Gasteiger partial charge in [0.05, 0.1) is 49.3 Å². The van der Waals surface area contributed by atoms with Crippen LogP contribution >= 0.6 is 23.2 Å². The number of rotatable bonds is 24. The van der Waals surface area contributed by atoms with E-state index in [4.69, 9.17) is 42.1 Å². The number of anilines is 3. The highest BCUT2D eigenvalue weighted by atomic mass is 35.5. The highest BCUT2D eigenvalue weighted by molar-refractivity contribution is 6.31. The number of Topliss-reactive ketones (excluding diaryl/α,β-unsaturated/α-hetero) is 2. The predicted molar refractivity (Wildman–Crippen MR) is 281 cm³/mol. The van der Waals surface area contributed by atoms with E-state index in [1.165, 1.54) is 48.7 Å². The number of halogens is 4. The Kier molecular flexibility index (Phi) is 18.4. The molecule has 0 radical (unpaired) electrons. The van der Waals surface area contributed by atoms with Crippen LogP contribution in [0.15, 0.2) is 116 Å². The van der Waals surface area contributed by atoms with Gasteiger partial charge in [-0.25, -0.2) is 18.7 Å². The third-order valence-electron chi connectivity index (χ3n) is 12.6. The van der Waals surface area contributed by atoms with Gasteiger partial charge < -0.3 is 29.2 Å². The van der Waals surface area contributed by atoms with Crippen LogP contribution in [0.3, 0.4) is 0 Å². The third-order valence-corrected chi connectivity index (χ3v) is 13.1. The molecular formula is C57H60Cl2F2N6O6. The number of nitrogens with zero attached hydrogens (tertiary/aromatic N) is 4. The highest BCUT2D eigenvalue weighted by Gasteiger charge is 2.59. The molecule has 6 aromatic rings. The van der Waals surface area contributed by atoms with Gasteiger partial charge in [-0.2, -0.15) is 5.26 Å². The molecule has 1 saturated heterocycles. The van der Waals surface area contributed by atoms with Crippen molar-refractivity contribution in [3.05, 3.63) is 154 Å². The first kappa shape index (κ1) is 54.2. The second kappa shape index (κ2) is 24.9. The summed E-state index contributed by atoms with van der Waals surface area (Å²) in [6, 6.07) is 31.9. The Morgan fingerprint density at radius 3 is 2.32 bits per heavy atom. The lowest BCUT2D eigenvalue weighted by Crippen LogP contribution is -2.52. The Morgan fingerprint density at radius 2 is 1.59 bits per heavy atom. The van der Waals surface area contributed by atoms with Gasteiger partial charge in [-0.1, -0.05) is 86.8 Å². The third kappa shape index (κ3) is 13.5. The topological polar surface area (TPSA) is 148 Å². The molecule has 382 valence electrons. The van der Waals surface area contributed by atoms with Gasteiger partial charge in [0.1, 0.15) is 41.4 Å². The molecule has 7 rings (SSSR count). The number of ether oxygens (including phenoxy) is 4. The van der Waals surface area contributed by atoms with Crippen molar-refractivity contribution < 1.29 is 37.3 Å². The van der Waals surface area contributed by atoms with E-state index in [0.717, 1.165) is 60.2 Å². The van der Waals surface area contributed by atoms with Gasteiger partial charge in [-0.05, 0) is 104 Å². The number of unbranched alkanes of at least 4 members (excludes halogenated alkanes) is 3. The molecule has 1 aromatic heterocycles. The average molecular weight is 1030 g/mol. The van der Waals surface area contributed by atoms with Crippen LogP contribution in [0.1, 0.15) is 87.2 Å². The zero-order valence-electron chi connectivity index (χ0n) is 41.7. The van der Waals surface area contributed by atoms with Crippen LogP contribution in [0, 0.1) is 28.4 Å². The van der Waals surface area contributed by atoms with Crippen molar-refractivity contribution >= 4 is 52.0 Å². The number of nitriles is 1. The molecule has 12 nitrogen and oxygen atoms in total. The minimum atomic E-state index is -1.92. The van der Waals surface area contributed by atoms with Crippen molar-refractivity contribution in [1.82, 2.24) is 15.3 Å². The largest absolute Gasteiger partial charge is 0.497 e. The molecule has 0 aliphatic carbocycles. The summed E-state index contributed by atoms with van der Waals surface area (Å²) in [6.45, 7) is 7.61. The summed E-state index contributed by atoms with van der Waals surface area (Å²) in [5.74, 6) is 0.350. The van der Waals surface area contributed by atoms with Gasteiger partial charge in [-0.15, -0.1) is 0 Å². The molecule has 0 bridgehead atoms. The molecule has 1 fully saturated rings. The van der Waals surface area contributed by atoms with Crippen LogP contribution < -0.4 is 29.7 Å². The van der Waals surface area contributed by atoms with E-state index in [1.807, 2.05) is 75.4 Å². The first-order valence-corrected chi connectivity index (χ1v) is 25.0. The molecule has 3 atom stereocenters. The standard InChI is InChI=1S/C57H60Cl2F2N6O6/c1-56(2,3)34-52-57(35-62,44-25-20-40(58)32-46(44)60)67(48-16-12-15-45(59)54(48)61)55(66-52)50(69)30-39-19-18-38(31-51(39)71-5)49(68)17-7-6-8-26-72-27-9-10-28-73-43-14-11-13-37(29-43)47-33-53(64-36-63-47)65-41-21-23-42(70-4)24-22-41/h11-16,18-25,29,31-33,36,52,55,66H,6-10,17,26-28,30,34H2,1-5H3,(H,63,64,65)/t52-,55+,57-/m0/s1. The van der Waals surface area contributed by atoms with Crippen LogP contribution in [0.2, 0.25) is 10.0 Å². The maximum absolute atomic E-state index is 16.1. The van der Waals surface area contributed by atoms with Gasteiger partial charge in [-0.3, -0.25) is 14.9 Å². The number of hydrogen-bond acceptors (Lipinski definition) is 12. The number of nitrogens with one attached hydrogen (secondary N) is 2. The number of methoxy groups -OCH3 is 2. The fraction of sp³-hybridized carbons (Fsp3) is 0.351. The lowest BCUT2D eigenvalue weighted by molar-refractivity contribution is -0.120. The van der Waals surface area contributed by atoms with Crippen LogP contribution in [0.25, 0.3) is 11.3 Å². The van der Waals surface area contributed by atoms with E-state index in [-0.39, 0.29) is 33.5 Å². The molecule has 0 spiro atoms. The van der Waals surface area contributed by atoms with Crippen molar-refractivity contribution in [2.45, 2.75) is 89.9 Å². The zero-order valence-corrected chi connectivity index (χ0v) is 43.2. The van der Waals surface area contributed by atoms with Gasteiger partial charge in [0.2, 0.25) is 0 Å². The van der Waals surface area contributed by atoms with E-state index in [0.29, 0.717) is 61.8 Å². The van der Waals surface area contributed by atoms with Crippen molar-refractivity contribution in [2.75, 3.05) is 44.3 Å². The van der Waals surface area contributed by atoms with Crippen LogP contribution in [-0.2, 0) is 21.5 Å². The fourth-order valence-corrected chi connectivity index (χ4v) is 9.37. The minimum Gasteiger partial charge on any atom is -0.497 e. The Labute approximate surface area is 436 Å². The van der Waals surface area contributed by atoms with Gasteiger partial charge in [0.25, 0.3) is 0 Å². The summed E-state index contributed by atoms with van der Waals surface area (Å²) in [7, 11) is 3.09. The van der Waals surface area contributed by atoms with Crippen LogP contribution in [0.5, 0.6) is 17.2 Å². The van der Waals surface area contributed by atoms with E-state index in [9.17, 15) is 14.9 Å². The molecule has 0 unspecified atom stereocenters. The Hall–Kier alpha value is -6.63. The number of aromatic nitrogens is 2. The van der Waals surface area contributed by atoms with E-state index in [2.05, 4.69) is 26.7 Å². The number of ketones is 2. The first-order chi connectivity index (χ1) is 35.1. The first-order valence-electron chi connectivity index (χ1n) is 24.3. The van der Waals surface area contributed by atoms with Crippen molar-refractivity contribution in [3.8, 4) is 34.6 Å². The summed E-state index contributed by atoms with van der Waals surface area (Å²) in [5.41, 5.74) is 0.912. The van der Waals surface area contributed by atoms with Gasteiger partial charge in [0.15, 0.2) is 22.9 Å². The second-order valence-corrected chi connectivity index (χ2v) is 19.9. The monoisotopic (exact) mass is 1030 g/mol. The summed E-state index contributed by atoms with van der Waals surface area (Å²) in [5, 5.41) is 17.6. The number of benzene rings is 5. The van der Waals surface area contributed by atoms with Gasteiger partial charge in [0, 0.05) is 65.1 Å². The molecule has 16 heteroatoms. The maximum atomic E-state index is 16.1. The highest BCUT2D eigenvalue weighted by Crippen LogP contribution is 2.48. The van der Waals surface area contributed by atoms with Crippen molar-refractivity contribution in [1.29, 1.82) is 5.26 Å². The lowest BCUT2D eigenvalue weighted by Gasteiger charge is -2.40. The predicted octanol–water partition coefficient (Wildman–Crippen LogP) is 12.9. The molecule has 1 aliphatic heterocycles. The molecule has 2 N–H and O–H groups in total. The minimum absolute atomic E-state index is 0.0694. The maximum Gasteiger partial charge on any atom is 0.174 e. The normalized spacial score (nSPS) is 16.5. The molecule has 5 aromatic carbocycles. The summed E-state index contributed by atoms with van der Waals surface area (Å²) < 4.78 is 55.1. The van der Waals surface area contributed by atoms with Crippen molar-refractivity contribution in [3.63, 3.8) is 0 Å². The SMILES string of the molecule is COc1ccc(Nc2cc(-c3cccc(OCCCCOCCCCCC(=O)c4ccc(CC(=O)[C@@H]5N[C@@H](CC(C)(C)C)[C@](C#N)(c6ccc(Cl)cc6F)N5c5cccc(Cl)c5F)c(OC)c4)c3)ncn2)cc1. The average Bonchev–Trinajstić information content (AvgIpc) is 3.69. The zero-order chi connectivity index (χ0) is 52.1.